The van der Waals surface area contributed by atoms with Crippen LogP contribution in [0.5, 0.6) is 11.5 Å². The van der Waals surface area contributed by atoms with E-state index in [4.69, 9.17) is 14.2 Å². The predicted octanol–water partition coefficient (Wildman–Crippen LogP) is 3.59. The molecule has 0 unspecified atom stereocenters. The third-order valence-electron chi connectivity index (χ3n) is 5.27. The number of carbonyl (C=O) groups is 1. The molecule has 0 aliphatic carbocycles. The Morgan fingerprint density at radius 3 is 2.56 bits per heavy atom. The van der Waals surface area contributed by atoms with E-state index in [9.17, 15) is 4.79 Å². The number of hydrogen-bond acceptors (Lipinski definition) is 9. The maximum atomic E-state index is 12.3. The molecule has 10 heteroatoms. The molecule has 3 heterocycles. The summed E-state index contributed by atoms with van der Waals surface area (Å²) in [5, 5.41) is 6.60. The minimum absolute atomic E-state index is 0.198. The lowest BCUT2D eigenvalue weighted by atomic mass is 10.2. The summed E-state index contributed by atoms with van der Waals surface area (Å²) in [5.74, 6) is 1.61. The number of ether oxygens (including phenoxy) is 3. The smallest absolute Gasteiger partial charge is 0.258 e. The van der Waals surface area contributed by atoms with Crippen molar-refractivity contribution in [1.29, 1.82) is 0 Å². The van der Waals surface area contributed by atoms with Crippen LogP contribution in [0.1, 0.15) is 17.3 Å². The van der Waals surface area contributed by atoms with E-state index in [2.05, 4.69) is 30.6 Å². The van der Waals surface area contributed by atoms with Crippen LogP contribution in [0.15, 0.2) is 61.2 Å². The highest BCUT2D eigenvalue weighted by Crippen LogP contribution is 2.36. The Bertz CT molecular complexity index is 1330. The molecule has 4 aromatic rings. The van der Waals surface area contributed by atoms with Gasteiger partial charge in [0, 0.05) is 17.0 Å². The van der Waals surface area contributed by atoms with Crippen LogP contribution < -0.4 is 20.1 Å². The van der Waals surface area contributed by atoms with Crippen LogP contribution >= 0.6 is 0 Å². The maximum absolute atomic E-state index is 12.3. The van der Waals surface area contributed by atoms with E-state index in [1.165, 1.54) is 6.33 Å². The summed E-state index contributed by atoms with van der Waals surface area (Å²) in [4.78, 5) is 29.4. The third kappa shape index (κ3) is 4.71. The van der Waals surface area contributed by atoms with Gasteiger partial charge in [0.25, 0.3) is 5.91 Å². The van der Waals surface area contributed by atoms with E-state index in [-0.39, 0.29) is 17.5 Å². The largest absolute Gasteiger partial charge is 0.493 e. The van der Waals surface area contributed by atoms with Gasteiger partial charge in [-0.1, -0.05) is 18.2 Å². The summed E-state index contributed by atoms with van der Waals surface area (Å²) in [5.41, 5.74) is 1.56. The average molecular weight is 458 g/mol. The van der Waals surface area contributed by atoms with E-state index in [0.29, 0.717) is 47.3 Å². The van der Waals surface area contributed by atoms with Gasteiger partial charge in [-0.3, -0.25) is 10.1 Å². The third-order valence-corrected chi connectivity index (χ3v) is 5.27. The summed E-state index contributed by atoms with van der Waals surface area (Å²) < 4.78 is 16.8. The van der Waals surface area contributed by atoms with Crippen LogP contribution in [-0.4, -0.2) is 51.8 Å². The number of methoxy groups -OCH3 is 1. The Balaban J connectivity index is 1.33. The van der Waals surface area contributed by atoms with Crippen molar-refractivity contribution >= 4 is 34.3 Å². The van der Waals surface area contributed by atoms with Crippen LogP contribution in [0.4, 0.5) is 17.5 Å². The number of rotatable bonds is 8. The molecular weight excluding hydrogens is 436 g/mol. The van der Waals surface area contributed by atoms with Crippen molar-refractivity contribution in [3.8, 4) is 11.5 Å². The van der Waals surface area contributed by atoms with E-state index >= 15 is 0 Å². The number of hydrogen-bond donors (Lipinski definition) is 2. The highest BCUT2D eigenvalue weighted by Gasteiger charge is 2.40. The van der Waals surface area contributed by atoms with E-state index in [1.54, 1.807) is 43.8 Å². The van der Waals surface area contributed by atoms with Crippen molar-refractivity contribution in [2.75, 3.05) is 31.0 Å². The second kappa shape index (κ2) is 8.91. The van der Waals surface area contributed by atoms with Crippen molar-refractivity contribution in [2.24, 2.45) is 0 Å². The van der Waals surface area contributed by atoms with Crippen LogP contribution in [0.3, 0.4) is 0 Å². The van der Waals surface area contributed by atoms with Crippen LogP contribution in [-0.2, 0) is 4.74 Å². The molecule has 2 aromatic heterocycles. The van der Waals surface area contributed by atoms with Gasteiger partial charge in [0.15, 0.2) is 11.5 Å². The van der Waals surface area contributed by atoms with Crippen molar-refractivity contribution in [3.63, 3.8) is 0 Å². The summed E-state index contributed by atoms with van der Waals surface area (Å²) in [6.45, 7) is 3.09. The molecule has 172 valence electrons. The number of fused-ring (bicyclic) bond motifs is 1. The van der Waals surface area contributed by atoms with Gasteiger partial charge in [0.1, 0.15) is 24.4 Å². The molecule has 0 radical (unpaired) electrons. The summed E-state index contributed by atoms with van der Waals surface area (Å²) in [6, 6.07) is 12.5. The van der Waals surface area contributed by atoms with Crippen molar-refractivity contribution < 1.29 is 19.0 Å². The Hall–Kier alpha value is -4.31. The standard InChI is InChI=1S/C24H22N6O4/c1-24(13-34-24)12-33-20-9-18-17(8-19(20)32-2)21(28-14-27-18)29-16-10-25-23(26-11-16)30-22(31)15-6-4-3-5-7-15/h3-11,14H,12-13H2,1-2H3,(H,27,28,29)(H,25,26,30,31)/t24-/m1/s1. The van der Waals surface area contributed by atoms with Gasteiger partial charge in [-0.05, 0) is 25.1 Å². The van der Waals surface area contributed by atoms with Crippen LogP contribution in [0, 0.1) is 0 Å². The number of epoxide rings is 1. The lowest BCUT2D eigenvalue weighted by molar-refractivity contribution is 0.102. The van der Waals surface area contributed by atoms with Gasteiger partial charge in [-0.2, -0.15) is 0 Å². The first-order chi connectivity index (χ1) is 16.5. The molecule has 1 aliphatic rings. The fourth-order valence-corrected chi connectivity index (χ4v) is 3.23. The highest BCUT2D eigenvalue weighted by molar-refractivity contribution is 6.03. The number of carbonyl (C=O) groups excluding carboxylic acids is 1. The highest BCUT2D eigenvalue weighted by atomic mass is 16.6. The maximum Gasteiger partial charge on any atom is 0.258 e. The van der Waals surface area contributed by atoms with E-state index in [0.717, 1.165) is 5.39 Å². The minimum atomic E-state index is -0.282. The fraction of sp³-hybridized carbons (Fsp3) is 0.208. The molecule has 1 aliphatic heterocycles. The topological polar surface area (TPSA) is 124 Å². The second-order valence-electron chi connectivity index (χ2n) is 8.01. The second-order valence-corrected chi connectivity index (χ2v) is 8.01. The lowest BCUT2D eigenvalue weighted by Crippen LogP contribution is -2.17. The van der Waals surface area contributed by atoms with Crippen LogP contribution in [0.25, 0.3) is 10.9 Å². The van der Waals surface area contributed by atoms with Gasteiger partial charge < -0.3 is 19.5 Å². The lowest BCUT2D eigenvalue weighted by Gasteiger charge is -2.14. The molecule has 5 rings (SSSR count). The minimum Gasteiger partial charge on any atom is -0.493 e. The zero-order valence-corrected chi connectivity index (χ0v) is 18.6. The molecule has 34 heavy (non-hydrogen) atoms. The summed E-state index contributed by atoms with van der Waals surface area (Å²) >= 11 is 0. The van der Waals surface area contributed by atoms with Crippen molar-refractivity contribution in [2.45, 2.75) is 12.5 Å². The number of benzene rings is 2. The zero-order chi connectivity index (χ0) is 23.5. The number of amides is 1. The molecule has 0 saturated carbocycles. The number of nitrogens with zero attached hydrogens (tertiary/aromatic N) is 4. The van der Waals surface area contributed by atoms with Crippen molar-refractivity contribution in [3.05, 3.63) is 66.7 Å². The Morgan fingerprint density at radius 1 is 1.09 bits per heavy atom. The Kier molecular flexibility index (Phi) is 5.64. The zero-order valence-electron chi connectivity index (χ0n) is 18.6. The SMILES string of the molecule is COc1cc2c(Nc3cnc(NC(=O)c4ccccc4)nc3)ncnc2cc1OC[C@]1(C)CO1. The quantitative estimate of drug-likeness (QED) is 0.381. The molecule has 1 fully saturated rings. The monoisotopic (exact) mass is 458 g/mol. The molecule has 0 spiro atoms. The summed E-state index contributed by atoms with van der Waals surface area (Å²) in [7, 11) is 1.58. The number of anilines is 3. The van der Waals surface area contributed by atoms with E-state index in [1.807, 2.05) is 25.1 Å². The van der Waals surface area contributed by atoms with Crippen molar-refractivity contribution in [1.82, 2.24) is 19.9 Å². The Labute approximate surface area is 195 Å². The first-order valence-corrected chi connectivity index (χ1v) is 10.6. The van der Waals surface area contributed by atoms with Gasteiger partial charge in [-0.15, -0.1) is 0 Å². The van der Waals surface area contributed by atoms with Gasteiger partial charge >= 0.3 is 0 Å². The Morgan fingerprint density at radius 2 is 1.85 bits per heavy atom. The molecule has 2 aromatic carbocycles. The molecule has 0 bridgehead atoms. The fourth-order valence-electron chi connectivity index (χ4n) is 3.23. The van der Waals surface area contributed by atoms with Gasteiger partial charge in [0.05, 0.1) is 37.3 Å². The molecule has 1 atom stereocenters. The molecular formula is C24H22N6O4. The molecule has 2 N–H and O–H groups in total. The van der Waals surface area contributed by atoms with Gasteiger partial charge in [-0.25, -0.2) is 19.9 Å². The molecule has 10 nitrogen and oxygen atoms in total. The summed E-state index contributed by atoms with van der Waals surface area (Å²) in [6.07, 6.45) is 4.58. The molecule has 1 saturated heterocycles. The van der Waals surface area contributed by atoms with Gasteiger partial charge in [0.2, 0.25) is 5.95 Å². The molecule has 1 amide bonds. The van der Waals surface area contributed by atoms with Crippen LogP contribution in [0.2, 0.25) is 0 Å². The van der Waals surface area contributed by atoms with E-state index < -0.39 is 0 Å². The first-order valence-electron chi connectivity index (χ1n) is 10.6. The first kappa shape index (κ1) is 21.5. The average Bonchev–Trinajstić information content (AvgIpc) is 3.61. The predicted molar refractivity (Wildman–Crippen MR) is 126 cm³/mol. The number of nitrogens with one attached hydrogen (secondary N) is 2. The number of aromatic nitrogens is 4. The normalized spacial score (nSPS) is 16.6.